The van der Waals surface area contributed by atoms with Gasteiger partial charge in [0.05, 0.1) is 5.56 Å². The molecule has 2 N–H and O–H groups in total. The zero-order valence-electron chi connectivity index (χ0n) is 8.48. The number of nitrogens with one attached hydrogen (secondary N) is 2. The fraction of sp³-hybridized carbons (Fsp3) is 0.400. The molecule has 80 valence electrons. The molecule has 5 heteroatoms. The number of rotatable bonds is 0. The monoisotopic (exact) mass is 210 g/mol. The second-order valence-corrected chi connectivity index (χ2v) is 3.83. The average molecular weight is 210 g/mol. The number of aromatic amines is 2. The summed E-state index contributed by atoms with van der Waals surface area (Å²) in [4.78, 5) is 27.2. The van der Waals surface area contributed by atoms with E-state index in [2.05, 4.69) is 9.97 Å². The first-order valence-corrected chi connectivity index (χ1v) is 4.73. The Morgan fingerprint density at radius 1 is 1.33 bits per heavy atom. The molecule has 0 spiro atoms. The Kier molecular flexibility index (Phi) is 2.10. The zero-order chi connectivity index (χ0) is 11.2. The van der Waals surface area contributed by atoms with E-state index < -0.39 is 11.2 Å². The first kappa shape index (κ1) is 9.89. The Balaban J connectivity index is 2.85. The summed E-state index contributed by atoms with van der Waals surface area (Å²) in [6.07, 6.45) is 0.234. The van der Waals surface area contributed by atoms with Gasteiger partial charge in [-0.1, -0.05) is 6.92 Å². The van der Waals surface area contributed by atoms with Crippen molar-refractivity contribution in [3.63, 3.8) is 0 Å². The summed E-state index contributed by atoms with van der Waals surface area (Å²) < 4.78 is 13.4. The van der Waals surface area contributed by atoms with E-state index in [1.54, 1.807) is 13.8 Å². The third-order valence-corrected chi connectivity index (χ3v) is 2.73. The predicted molar refractivity (Wildman–Crippen MR) is 54.4 cm³/mol. The molecule has 1 aliphatic rings. The van der Waals surface area contributed by atoms with Crippen molar-refractivity contribution in [2.75, 3.05) is 0 Å². The molecule has 0 amide bonds. The van der Waals surface area contributed by atoms with Gasteiger partial charge in [0, 0.05) is 18.0 Å². The number of halogens is 1. The lowest BCUT2D eigenvalue weighted by Crippen LogP contribution is -2.30. The number of aromatic nitrogens is 2. The van der Waals surface area contributed by atoms with Gasteiger partial charge in [0.15, 0.2) is 0 Å². The van der Waals surface area contributed by atoms with Crippen molar-refractivity contribution in [1.82, 2.24) is 9.97 Å². The van der Waals surface area contributed by atoms with Crippen LogP contribution in [-0.4, -0.2) is 9.97 Å². The Bertz CT molecular complexity index is 553. The van der Waals surface area contributed by atoms with Crippen LogP contribution in [0.4, 0.5) is 4.39 Å². The van der Waals surface area contributed by atoms with Gasteiger partial charge in [0.25, 0.3) is 5.56 Å². The molecule has 1 heterocycles. The van der Waals surface area contributed by atoms with Gasteiger partial charge in [0.1, 0.15) is 5.83 Å². The molecule has 0 aromatic carbocycles. The lowest BCUT2D eigenvalue weighted by molar-refractivity contribution is 0.539. The highest BCUT2D eigenvalue weighted by Gasteiger charge is 2.25. The van der Waals surface area contributed by atoms with Crippen LogP contribution < -0.4 is 11.2 Å². The van der Waals surface area contributed by atoms with E-state index in [1.165, 1.54) is 0 Å². The topological polar surface area (TPSA) is 65.7 Å². The van der Waals surface area contributed by atoms with Gasteiger partial charge in [-0.05, 0) is 12.5 Å². The van der Waals surface area contributed by atoms with Crippen molar-refractivity contribution in [1.29, 1.82) is 0 Å². The van der Waals surface area contributed by atoms with Crippen LogP contribution in [0.1, 0.15) is 37.4 Å². The minimum absolute atomic E-state index is 0.168. The maximum Gasteiger partial charge on any atom is 0.325 e. The van der Waals surface area contributed by atoms with Crippen LogP contribution in [0.25, 0.3) is 5.57 Å². The van der Waals surface area contributed by atoms with E-state index in [0.717, 1.165) is 0 Å². The molecule has 0 saturated heterocycles. The highest BCUT2D eigenvalue weighted by Crippen LogP contribution is 2.34. The SMILES string of the molecule is CC1=C(F)CC(C)c2[nH]c(=O)[nH]c(=O)c21. The molecule has 1 aromatic rings. The number of fused-ring (bicyclic) bond motifs is 1. The van der Waals surface area contributed by atoms with Crippen LogP contribution in [0.3, 0.4) is 0 Å². The molecule has 0 aliphatic heterocycles. The third kappa shape index (κ3) is 1.44. The summed E-state index contributed by atoms with van der Waals surface area (Å²) in [5.74, 6) is -0.453. The summed E-state index contributed by atoms with van der Waals surface area (Å²) in [5.41, 5.74) is 0.0581. The number of allylic oxidation sites excluding steroid dienone is 2. The molecule has 0 fully saturated rings. The Morgan fingerprint density at radius 3 is 2.67 bits per heavy atom. The van der Waals surface area contributed by atoms with Crippen LogP contribution in [0.2, 0.25) is 0 Å². The highest BCUT2D eigenvalue weighted by atomic mass is 19.1. The third-order valence-electron chi connectivity index (χ3n) is 2.73. The van der Waals surface area contributed by atoms with E-state index in [9.17, 15) is 14.0 Å². The van der Waals surface area contributed by atoms with Crippen molar-refractivity contribution in [3.05, 3.63) is 37.9 Å². The molecule has 15 heavy (non-hydrogen) atoms. The van der Waals surface area contributed by atoms with E-state index in [0.29, 0.717) is 11.3 Å². The molecule has 1 unspecified atom stereocenters. The van der Waals surface area contributed by atoms with Gasteiger partial charge in [-0.25, -0.2) is 9.18 Å². The molecule has 2 rings (SSSR count). The van der Waals surface area contributed by atoms with Gasteiger partial charge in [-0.3, -0.25) is 9.78 Å². The maximum atomic E-state index is 13.4. The van der Waals surface area contributed by atoms with Crippen LogP contribution in [0, 0.1) is 0 Å². The molecule has 4 nitrogen and oxygen atoms in total. The fourth-order valence-corrected chi connectivity index (χ4v) is 1.91. The molecule has 0 radical (unpaired) electrons. The normalized spacial score (nSPS) is 20.3. The molecule has 1 atom stereocenters. The van der Waals surface area contributed by atoms with E-state index in [-0.39, 0.29) is 23.7 Å². The Labute approximate surface area is 84.9 Å². The lowest BCUT2D eigenvalue weighted by Gasteiger charge is -2.20. The first-order chi connectivity index (χ1) is 7.00. The second-order valence-electron chi connectivity index (χ2n) is 3.83. The first-order valence-electron chi connectivity index (χ1n) is 4.73. The largest absolute Gasteiger partial charge is 0.325 e. The van der Waals surface area contributed by atoms with Gasteiger partial charge in [-0.15, -0.1) is 0 Å². The van der Waals surface area contributed by atoms with Gasteiger partial charge < -0.3 is 4.98 Å². The van der Waals surface area contributed by atoms with Crippen molar-refractivity contribution >= 4 is 5.57 Å². The molecular weight excluding hydrogens is 199 g/mol. The summed E-state index contributed by atoms with van der Waals surface area (Å²) in [7, 11) is 0. The average Bonchev–Trinajstić information content (AvgIpc) is 2.13. The number of hydrogen-bond donors (Lipinski definition) is 2. The van der Waals surface area contributed by atoms with Crippen molar-refractivity contribution < 1.29 is 4.39 Å². The van der Waals surface area contributed by atoms with Crippen LogP contribution in [0.5, 0.6) is 0 Å². The fourth-order valence-electron chi connectivity index (χ4n) is 1.91. The standard InChI is InChI=1S/C10H11FN2O2/c1-4-3-6(11)5(2)7-8(4)12-10(15)13-9(7)14/h4H,3H2,1-2H3,(H2,12,13,14,15). The summed E-state index contributed by atoms with van der Waals surface area (Å²) in [5, 5.41) is 0. The van der Waals surface area contributed by atoms with E-state index in [4.69, 9.17) is 0 Å². The van der Waals surface area contributed by atoms with E-state index >= 15 is 0 Å². The van der Waals surface area contributed by atoms with Crippen LogP contribution in [-0.2, 0) is 0 Å². The molecule has 1 aromatic heterocycles. The van der Waals surface area contributed by atoms with Crippen molar-refractivity contribution in [2.45, 2.75) is 26.2 Å². The molecule has 1 aliphatic carbocycles. The summed E-state index contributed by atoms with van der Waals surface area (Å²) in [6.45, 7) is 3.33. The van der Waals surface area contributed by atoms with Gasteiger partial charge >= 0.3 is 5.69 Å². The maximum absolute atomic E-state index is 13.4. The van der Waals surface area contributed by atoms with Crippen molar-refractivity contribution in [2.24, 2.45) is 0 Å². The second kappa shape index (κ2) is 3.18. The Hall–Kier alpha value is -1.65. The minimum Gasteiger partial charge on any atom is -0.310 e. The Morgan fingerprint density at radius 2 is 2.00 bits per heavy atom. The summed E-state index contributed by atoms with van der Waals surface area (Å²) in [6, 6.07) is 0. The lowest BCUT2D eigenvalue weighted by atomic mass is 9.88. The zero-order valence-corrected chi connectivity index (χ0v) is 8.48. The molecule has 0 saturated carbocycles. The quantitative estimate of drug-likeness (QED) is 0.677. The predicted octanol–water partition coefficient (Wildman–Crippen LogP) is 1.27. The van der Waals surface area contributed by atoms with Crippen molar-refractivity contribution in [3.8, 4) is 0 Å². The minimum atomic E-state index is -0.541. The van der Waals surface area contributed by atoms with Crippen LogP contribution in [0.15, 0.2) is 15.4 Å². The highest BCUT2D eigenvalue weighted by molar-refractivity contribution is 5.69. The van der Waals surface area contributed by atoms with Gasteiger partial charge in [-0.2, -0.15) is 0 Å². The van der Waals surface area contributed by atoms with Crippen LogP contribution >= 0.6 is 0 Å². The van der Waals surface area contributed by atoms with E-state index in [1.807, 2.05) is 0 Å². The molecular formula is C10H11FN2O2. The van der Waals surface area contributed by atoms with Gasteiger partial charge in [0.2, 0.25) is 0 Å². The summed E-state index contributed by atoms with van der Waals surface area (Å²) >= 11 is 0. The number of hydrogen-bond acceptors (Lipinski definition) is 2. The molecule has 0 bridgehead atoms. The number of H-pyrrole nitrogens is 2. The smallest absolute Gasteiger partial charge is 0.310 e.